The molecule has 2 aliphatic rings. The van der Waals surface area contributed by atoms with Gasteiger partial charge in [0.1, 0.15) is 0 Å². The maximum atomic E-state index is 5.74. The van der Waals surface area contributed by atoms with E-state index in [4.69, 9.17) is 18.9 Å². The van der Waals surface area contributed by atoms with Gasteiger partial charge in [0.15, 0.2) is 0 Å². The van der Waals surface area contributed by atoms with E-state index < -0.39 is 0 Å². The molecule has 4 nitrogen and oxygen atoms in total. The van der Waals surface area contributed by atoms with Gasteiger partial charge in [0.05, 0.1) is 0 Å². The summed E-state index contributed by atoms with van der Waals surface area (Å²) in [6.07, 6.45) is 0. The van der Waals surface area contributed by atoms with Crippen LogP contribution in [-0.2, 0) is 0 Å². The van der Waals surface area contributed by atoms with Crippen molar-refractivity contribution in [2.24, 2.45) is 0 Å². The third-order valence-electron chi connectivity index (χ3n) is 2.73. The Kier molecular flexibility index (Phi) is 3.86. The van der Waals surface area contributed by atoms with Crippen LogP contribution in [0.5, 0.6) is 23.0 Å². The van der Waals surface area contributed by atoms with Crippen LogP contribution >= 0.6 is 22.7 Å². The van der Waals surface area contributed by atoms with E-state index in [0.29, 0.717) is 52.7 Å². The Labute approximate surface area is 135 Å². The fourth-order valence-electron chi connectivity index (χ4n) is 1.87. The van der Waals surface area contributed by atoms with Crippen LogP contribution in [0.2, 0.25) is 0 Å². The van der Waals surface area contributed by atoms with Crippen molar-refractivity contribution >= 4 is 56.5 Å². The van der Waals surface area contributed by atoms with Crippen molar-refractivity contribution in [2.45, 2.75) is 0 Å². The predicted molar refractivity (Wildman–Crippen MR) is 81.4 cm³/mol. The maximum absolute atomic E-state index is 5.74. The summed E-state index contributed by atoms with van der Waals surface area (Å²) in [6, 6.07) is 0. The molecule has 0 radical (unpaired) electrons. The van der Waals surface area contributed by atoms with E-state index in [-0.39, 0.29) is 0 Å². The van der Waals surface area contributed by atoms with E-state index in [1.165, 1.54) is 7.55 Å². The summed E-state index contributed by atoms with van der Waals surface area (Å²) in [7, 11) is 0. The molecule has 0 saturated carbocycles. The van der Waals surface area contributed by atoms with Gasteiger partial charge >= 0.3 is 136 Å². The standard InChI is InChI=1S/C12H10O4S2Se2/c1-3-15-9-7(13-1)5-17-11(9)19-20-12-10-8(6-18-12)14-2-4-16-10/h5-6H,1-4H2. The summed E-state index contributed by atoms with van der Waals surface area (Å²) in [5.74, 6) is 3.79. The van der Waals surface area contributed by atoms with Crippen molar-refractivity contribution in [2.75, 3.05) is 26.4 Å². The van der Waals surface area contributed by atoms with Crippen molar-refractivity contribution in [1.29, 1.82) is 0 Å². The van der Waals surface area contributed by atoms with E-state index in [1.54, 1.807) is 22.7 Å². The molecule has 0 aliphatic carbocycles. The van der Waals surface area contributed by atoms with E-state index in [0.717, 1.165) is 23.0 Å². The average Bonchev–Trinajstić information content (AvgIpc) is 3.09. The Morgan fingerprint density at radius 2 is 1.15 bits per heavy atom. The molecule has 0 atom stereocenters. The van der Waals surface area contributed by atoms with E-state index >= 15 is 0 Å². The molecule has 0 aromatic carbocycles. The van der Waals surface area contributed by atoms with Crippen molar-refractivity contribution in [3.63, 3.8) is 0 Å². The van der Waals surface area contributed by atoms with Gasteiger partial charge in [-0.2, -0.15) is 0 Å². The summed E-state index contributed by atoms with van der Waals surface area (Å²) in [5.41, 5.74) is 0. The monoisotopic (exact) mass is 442 g/mol. The summed E-state index contributed by atoms with van der Waals surface area (Å²) in [4.78, 5) is 0. The molecular weight excluding hydrogens is 430 g/mol. The molecule has 4 heterocycles. The number of rotatable bonds is 3. The summed E-state index contributed by atoms with van der Waals surface area (Å²) in [6.45, 7) is 2.63. The van der Waals surface area contributed by atoms with Gasteiger partial charge in [-0.3, -0.25) is 0 Å². The molecule has 2 aliphatic heterocycles. The summed E-state index contributed by atoms with van der Waals surface area (Å²) >= 11 is 4.29. The molecule has 0 spiro atoms. The van der Waals surface area contributed by atoms with Gasteiger partial charge in [-0.1, -0.05) is 0 Å². The minimum absolute atomic E-state index is 0.394. The third-order valence-corrected chi connectivity index (χ3v) is 14.9. The molecular formula is C12H10O4S2Se2. The number of ether oxygens (including phenoxy) is 4. The second kappa shape index (κ2) is 5.79. The van der Waals surface area contributed by atoms with Crippen molar-refractivity contribution in [3.8, 4) is 23.0 Å². The average molecular weight is 440 g/mol. The fraction of sp³-hybridized carbons (Fsp3) is 0.333. The van der Waals surface area contributed by atoms with Gasteiger partial charge in [0.25, 0.3) is 0 Å². The van der Waals surface area contributed by atoms with Gasteiger partial charge in [0.2, 0.25) is 0 Å². The van der Waals surface area contributed by atoms with E-state index in [9.17, 15) is 0 Å². The molecule has 8 heteroatoms. The predicted octanol–water partition coefficient (Wildman–Crippen LogP) is 0.626. The number of hydrogen-bond donors (Lipinski definition) is 0. The molecule has 20 heavy (non-hydrogen) atoms. The van der Waals surface area contributed by atoms with Crippen molar-refractivity contribution in [3.05, 3.63) is 10.8 Å². The second-order valence-electron chi connectivity index (χ2n) is 3.99. The van der Waals surface area contributed by atoms with Crippen LogP contribution in [0.15, 0.2) is 10.8 Å². The molecule has 0 N–H and O–H groups in total. The third kappa shape index (κ3) is 2.45. The molecule has 106 valence electrons. The molecule has 0 fully saturated rings. The van der Waals surface area contributed by atoms with Crippen LogP contribution in [0.4, 0.5) is 0 Å². The Morgan fingerprint density at radius 3 is 1.65 bits per heavy atom. The normalized spacial score (nSPS) is 16.2. The zero-order chi connectivity index (χ0) is 13.4. The molecule has 0 saturated heterocycles. The van der Waals surface area contributed by atoms with Gasteiger partial charge < -0.3 is 0 Å². The zero-order valence-electron chi connectivity index (χ0n) is 10.2. The van der Waals surface area contributed by atoms with E-state index in [2.05, 4.69) is 10.8 Å². The molecule has 0 amide bonds. The summed E-state index contributed by atoms with van der Waals surface area (Å²) < 4.78 is 25.3. The van der Waals surface area contributed by atoms with Crippen LogP contribution in [0.3, 0.4) is 0 Å². The van der Waals surface area contributed by atoms with E-state index in [1.807, 2.05) is 0 Å². The first kappa shape index (κ1) is 13.3. The fourth-order valence-corrected chi connectivity index (χ4v) is 13.4. The second-order valence-corrected chi connectivity index (χ2v) is 13.0. The van der Waals surface area contributed by atoms with Crippen molar-refractivity contribution in [1.82, 2.24) is 0 Å². The van der Waals surface area contributed by atoms with Gasteiger partial charge in [-0.15, -0.1) is 0 Å². The van der Waals surface area contributed by atoms with Crippen molar-refractivity contribution < 1.29 is 18.9 Å². The first-order valence-corrected chi connectivity index (χ1v) is 13.8. The summed E-state index contributed by atoms with van der Waals surface area (Å²) in [5, 5.41) is 4.12. The van der Waals surface area contributed by atoms with Gasteiger partial charge in [-0.25, -0.2) is 0 Å². The first-order chi connectivity index (χ1) is 9.92. The Balaban J connectivity index is 1.50. The number of hydrogen-bond acceptors (Lipinski definition) is 6. The number of thiophene rings is 2. The Bertz CT molecular complexity index is 571. The first-order valence-electron chi connectivity index (χ1n) is 6.00. The molecule has 2 aromatic rings. The minimum atomic E-state index is 0.394. The zero-order valence-corrected chi connectivity index (χ0v) is 15.3. The van der Waals surface area contributed by atoms with Crippen LogP contribution in [0.1, 0.15) is 0 Å². The van der Waals surface area contributed by atoms with Crippen LogP contribution in [0.25, 0.3) is 0 Å². The SMILES string of the molecule is c1sc([Se][Se]c2scc3c2OCCO3)c2c1OCCO2. The Morgan fingerprint density at radius 1 is 0.700 bits per heavy atom. The van der Waals surface area contributed by atoms with Crippen LogP contribution in [0, 0.1) is 0 Å². The molecule has 0 bridgehead atoms. The van der Waals surface area contributed by atoms with Gasteiger partial charge in [0, 0.05) is 0 Å². The van der Waals surface area contributed by atoms with Gasteiger partial charge in [-0.05, 0) is 0 Å². The number of fused-ring (bicyclic) bond motifs is 2. The van der Waals surface area contributed by atoms with Crippen LogP contribution in [-0.4, -0.2) is 52.7 Å². The molecule has 0 unspecified atom stereocenters. The molecule has 4 rings (SSSR count). The quantitative estimate of drug-likeness (QED) is 0.657. The Hall–Kier alpha value is -0.361. The van der Waals surface area contributed by atoms with Crippen LogP contribution < -0.4 is 26.5 Å². The molecule has 2 aromatic heterocycles. The topological polar surface area (TPSA) is 36.9 Å².